The molecule has 0 radical (unpaired) electrons. The van der Waals surface area contributed by atoms with Crippen molar-refractivity contribution >= 4 is 30.4 Å². The highest BCUT2D eigenvalue weighted by Gasteiger charge is 2.80. The molecule has 0 aromatic rings. The lowest BCUT2D eigenvalue weighted by molar-refractivity contribution is 0.306. The molecule has 4 rings (SSSR count). The Hall–Kier alpha value is 0.680. The second kappa shape index (κ2) is 3.77. The van der Waals surface area contributed by atoms with Crippen LogP contribution in [0.2, 0.25) is 0 Å². The Bertz CT molecular complexity index is 499. The van der Waals surface area contributed by atoms with Gasteiger partial charge in [0.1, 0.15) is 0 Å². The minimum absolute atomic E-state index is 1.24. The van der Waals surface area contributed by atoms with Gasteiger partial charge in [-0.2, -0.15) is 26.6 Å². The molecule has 4 bridgehead atoms. The molecular weight excluding hydrogens is 344 g/mol. The van der Waals surface area contributed by atoms with E-state index in [0.29, 0.717) is 0 Å². The number of hydrogen-bond acceptors (Lipinski definition) is 4. The predicted molar refractivity (Wildman–Crippen MR) is 77.0 cm³/mol. The van der Waals surface area contributed by atoms with Gasteiger partial charge in [0, 0.05) is 42.3 Å². The van der Waals surface area contributed by atoms with Crippen LogP contribution in [0.1, 0.15) is 0 Å². The predicted octanol–water partition coefficient (Wildman–Crippen LogP) is 2.05. The smallest absolute Gasteiger partial charge is 0.269 e. The van der Waals surface area contributed by atoms with Gasteiger partial charge in [-0.05, 0) is 0 Å². The summed E-state index contributed by atoms with van der Waals surface area (Å²) in [5, 5.41) is 0. The molecule has 14 heteroatoms. The van der Waals surface area contributed by atoms with E-state index in [4.69, 9.17) is 0 Å². The van der Waals surface area contributed by atoms with Crippen molar-refractivity contribution in [2.45, 2.75) is 0 Å². The maximum absolute atomic E-state index is 13.3. The zero-order valence-electron chi connectivity index (χ0n) is 12.1. The second-order valence-electron chi connectivity index (χ2n) is 4.99. The Balaban J connectivity index is 2.48. The zero-order chi connectivity index (χ0) is 15.5. The highest BCUT2D eigenvalue weighted by Crippen LogP contribution is 3.02. The van der Waals surface area contributed by atoms with Gasteiger partial charge < -0.3 is 0 Å². The maximum Gasteiger partial charge on any atom is 0.309 e. The summed E-state index contributed by atoms with van der Waals surface area (Å²) in [7, 11) is -5.51. The second-order valence-corrected chi connectivity index (χ2v) is 18.2. The summed E-state index contributed by atoms with van der Waals surface area (Å²) < 4.78 is 60.7. The molecule has 0 saturated carbocycles. The molecule has 0 aromatic heterocycles. The molecule has 0 amide bonds. The van der Waals surface area contributed by atoms with Crippen molar-refractivity contribution in [3.05, 3.63) is 0 Å². The van der Waals surface area contributed by atoms with E-state index in [1.165, 1.54) is 68.9 Å². The van der Waals surface area contributed by atoms with Crippen LogP contribution in [0.5, 0.6) is 0 Å². The Morgan fingerprint density at radius 1 is 0.400 bits per heavy atom. The normalized spacial score (nSPS) is 55.9. The maximum atomic E-state index is 13.3. The van der Waals surface area contributed by atoms with Gasteiger partial charge in [0.2, 0.25) is 0 Å². The molecule has 0 aliphatic carbocycles. The number of rotatable bonds is 0. The molecule has 4 fully saturated rings. The van der Waals surface area contributed by atoms with E-state index < -0.39 is 30.4 Å². The topological polar surface area (TPSA) is 87.7 Å². The van der Waals surface area contributed by atoms with Gasteiger partial charge in [-0.1, -0.05) is 0 Å². The van der Waals surface area contributed by atoms with E-state index in [1.54, 1.807) is 0 Å². The Kier molecular flexibility index (Phi) is 2.94. The molecule has 0 unspecified atom stereocenters. The summed E-state index contributed by atoms with van der Waals surface area (Å²) in [6.45, 7) is 0. The molecule has 116 valence electrons. The third-order valence-electron chi connectivity index (χ3n) is 4.52. The van der Waals surface area contributed by atoms with Crippen LogP contribution in [0.25, 0.3) is 0 Å². The minimum Gasteiger partial charge on any atom is -0.269 e. The van der Waals surface area contributed by atoms with Gasteiger partial charge in [0.15, 0.2) is 0 Å². The van der Waals surface area contributed by atoms with Crippen molar-refractivity contribution < 1.29 is 18.3 Å². The van der Waals surface area contributed by atoms with Crippen molar-refractivity contribution in [3.8, 4) is 0 Å². The molecule has 4 aliphatic heterocycles. The van der Waals surface area contributed by atoms with Crippen molar-refractivity contribution in [2.24, 2.45) is 0 Å². The highest BCUT2D eigenvalue weighted by molar-refractivity contribution is 8.00. The van der Waals surface area contributed by atoms with Crippen molar-refractivity contribution in [2.75, 3.05) is 42.3 Å². The summed E-state index contributed by atoms with van der Waals surface area (Å²) >= 11 is 0. The third-order valence-corrected chi connectivity index (χ3v) is 22.0. The van der Waals surface area contributed by atoms with Crippen LogP contribution in [0.4, 0.5) is 0 Å². The fourth-order valence-electron chi connectivity index (χ4n) is 3.16. The van der Waals surface area contributed by atoms with E-state index in [9.17, 15) is 18.3 Å². The lowest BCUT2D eigenvalue weighted by atomic mass is 11.5. The standard InChI is InChI=1S/C6H18N6O4P4/c1-7-17(13)8(2)19(15)10(4)18(7,14)11(5)20(16,9(17)3)12(19)6/h1-6H3. The van der Waals surface area contributed by atoms with E-state index >= 15 is 0 Å². The van der Waals surface area contributed by atoms with E-state index in [-0.39, 0.29) is 0 Å². The van der Waals surface area contributed by atoms with Gasteiger partial charge in [-0.3, -0.25) is 18.3 Å². The van der Waals surface area contributed by atoms with E-state index in [1.807, 2.05) is 0 Å². The lowest BCUT2D eigenvalue weighted by Gasteiger charge is -2.68. The molecule has 0 atom stereocenters. The first-order valence-electron chi connectivity index (χ1n) is 5.81. The van der Waals surface area contributed by atoms with Crippen molar-refractivity contribution in [3.63, 3.8) is 0 Å². The zero-order valence-corrected chi connectivity index (χ0v) is 15.7. The Morgan fingerprint density at radius 2 is 0.500 bits per heavy atom. The van der Waals surface area contributed by atoms with Crippen LogP contribution >= 0.6 is 30.4 Å². The Morgan fingerprint density at radius 3 is 0.600 bits per heavy atom. The first-order valence-corrected chi connectivity index (χ1v) is 12.1. The fraction of sp³-hybridized carbons (Fsp3) is 1.00. The fourth-order valence-corrected chi connectivity index (χ4v) is 25.9. The SMILES string of the molecule is CN1P2(=O)N(C)P3(=O)N(C)P1(=O)N(C)P(=O)(N2C)N3C. The molecular formula is C6H18N6O4P4. The van der Waals surface area contributed by atoms with Crippen molar-refractivity contribution in [1.82, 2.24) is 26.6 Å². The van der Waals surface area contributed by atoms with Gasteiger partial charge in [-0.15, -0.1) is 0 Å². The van der Waals surface area contributed by atoms with Gasteiger partial charge in [0.05, 0.1) is 0 Å². The monoisotopic (exact) mass is 362 g/mol. The van der Waals surface area contributed by atoms with E-state index in [0.717, 1.165) is 0 Å². The van der Waals surface area contributed by atoms with Crippen LogP contribution in [0.3, 0.4) is 0 Å². The molecule has 4 aliphatic rings. The molecule has 10 nitrogen and oxygen atoms in total. The van der Waals surface area contributed by atoms with E-state index in [2.05, 4.69) is 0 Å². The van der Waals surface area contributed by atoms with Crippen LogP contribution in [0.15, 0.2) is 0 Å². The largest absolute Gasteiger partial charge is 0.309 e. The van der Waals surface area contributed by atoms with Crippen LogP contribution < -0.4 is 0 Å². The van der Waals surface area contributed by atoms with Crippen LogP contribution in [-0.4, -0.2) is 68.9 Å². The summed E-state index contributed by atoms with van der Waals surface area (Å²) in [6.07, 6.45) is 0. The summed E-state index contributed by atoms with van der Waals surface area (Å²) in [5.74, 6) is 0. The molecule has 0 spiro atoms. The van der Waals surface area contributed by atoms with Gasteiger partial charge in [0.25, 0.3) is 0 Å². The lowest BCUT2D eigenvalue weighted by Crippen LogP contribution is -2.59. The number of hydrogen-bond donors (Lipinski definition) is 0. The van der Waals surface area contributed by atoms with Crippen molar-refractivity contribution in [1.29, 1.82) is 0 Å². The summed E-state index contributed by atoms with van der Waals surface area (Å²) in [4.78, 5) is 0. The third kappa shape index (κ3) is 1.11. The average Bonchev–Trinajstić information content (AvgIpc) is 2.43. The quantitative estimate of drug-likeness (QED) is 0.597. The highest BCUT2D eigenvalue weighted by atomic mass is 31.4. The van der Waals surface area contributed by atoms with Gasteiger partial charge in [-0.25, -0.2) is 0 Å². The molecule has 20 heavy (non-hydrogen) atoms. The molecule has 4 heterocycles. The van der Waals surface area contributed by atoms with Crippen LogP contribution in [0, 0.1) is 0 Å². The first kappa shape index (κ1) is 15.6. The first-order chi connectivity index (χ1) is 8.93. The molecule has 0 N–H and O–H groups in total. The van der Waals surface area contributed by atoms with Crippen LogP contribution in [-0.2, 0) is 18.3 Å². The minimum atomic E-state index is -3.57. The average molecular weight is 362 g/mol. The summed E-state index contributed by atoms with van der Waals surface area (Å²) in [6, 6.07) is 0. The molecule has 0 aromatic carbocycles. The number of nitrogens with zero attached hydrogens (tertiary/aromatic N) is 6. The summed E-state index contributed by atoms with van der Waals surface area (Å²) in [5.41, 5.74) is 0. The Labute approximate surface area is 118 Å². The molecule has 4 saturated heterocycles. The van der Waals surface area contributed by atoms with Gasteiger partial charge >= 0.3 is 30.4 Å².